The first-order valence-electron chi connectivity index (χ1n) is 10.4. The average Bonchev–Trinajstić information content (AvgIpc) is 2.75. The topological polar surface area (TPSA) is 54.0 Å². The number of hydrogen-bond donors (Lipinski definition) is 1. The Kier molecular flexibility index (Phi) is 7.76. The molecule has 0 radical (unpaired) electrons. The second kappa shape index (κ2) is 10.7. The van der Waals surface area contributed by atoms with Crippen molar-refractivity contribution in [1.82, 2.24) is 9.80 Å². The van der Waals surface area contributed by atoms with Crippen LogP contribution < -0.4 is 14.8 Å². The zero-order chi connectivity index (χ0) is 20.5. The Morgan fingerprint density at radius 3 is 2.31 bits per heavy atom. The van der Waals surface area contributed by atoms with Crippen molar-refractivity contribution in [1.29, 1.82) is 0 Å². The molecule has 0 aliphatic carbocycles. The highest BCUT2D eigenvalue weighted by molar-refractivity contribution is 5.89. The summed E-state index contributed by atoms with van der Waals surface area (Å²) in [7, 11) is 0. The lowest BCUT2D eigenvalue weighted by Crippen LogP contribution is -2.50. The highest BCUT2D eigenvalue weighted by atomic mass is 16.5. The zero-order valence-electron chi connectivity index (χ0n) is 17.4. The number of amides is 2. The van der Waals surface area contributed by atoms with E-state index in [1.165, 1.54) is 5.56 Å². The van der Waals surface area contributed by atoms with Crippen LogP contribution in [-0.4, -0.2) is 61.8 Å². The zero-order valence-corrected chi connectivity index (χ0v) is 17.4. The van der Waals surface area contributed by atoms with E-state index in [0.717, 1.165) is 39.1 Å². The van der Waals surface area contributed by atoms with Gasteiger partial charge in [0.05, 0.1) is 13.2 Å². The Labute approximate surface area is 173 Å². The number of benzene rings is 2. The van der Waals surface area contributed by atoms with Gasteiger partial charge in [-0.3, -0.25) is 4.90 Å². The fourth-order valence-corrected chi connectivity index (χ4v) is 3.44. The van der Waals surface area contributed by atoms with Crippen LogP contribution in [0, 0.1) is 0 Å². The summed E-state index contributed by atoms with van der Waals surface area (Å²) in [6.07, 6.45) is 1.04. The summed E-state index contributed by atoms with van der Waals surface area (Å²) in [5.41, 5.74) is 2.07. The molecule has 1 fully saturated rings. The molecule has 6 nitrogen and oxygen atoms in total. The molecule has 2 amide bonds. The van der Waals surface area contributed by atoms with Crippen molar-refractivity contribution in [3.8, 4) is 11.5 Å². The molecule has 0 aromatic heterocycles. The van der Waals surface area contributed by atoms with Crippen LogP contribution in [0.2, 0.25) is 0 Å². The standard InChI is InChI=1S/C23H31N3O3/c1-3-28-21-11-10-20(18-22(21)29-4-2)24-23(27)26-16-14-25(15-17-26)13-12-19-8-6-5-7-9-19/h5-11,18H,3-4,12-17H2,1-2H3,(H,24,27). The van der Waals surface area contributed by atoms with Crippen molar-refractivity contribution >= 4 is 11.7 Å². The fourth-order valence-electron chi connectivity index (χ4n) is 3.44. The van der Waals surface area contributed by atoms with Crippen molar-refractivity contribution in [3.63, 3.8) is 0 Å². The Balaban J connectivity index is 1.48. The smallest absolute Gasteiger partial charge is 0.321 e. The van der Waals surface area contributed by atoms with Gasteiger partial charge in [0.25, 0.3) is 0 Å². The number of carbonyl (C=O) groups excluding carboxylic acids is 1. The normalized spacial score (nSPS) is 14.5. The summed E-state index contributed by atoms with van der Waals surface area (Å²) in [6.45, 7) is 9.26. The predicted molar refractivity (Wildman–Crippen MR) is 116 cm³/mol. The highest BCUT2D eigenvalue weighted by Crippen LogP contribution is 2.30. The maximum absolute atomic E-state index is 12.7. The third-order valence-corrected chi connectivity index (χ3v) is 5.01. The first kappa shape index (κ1) is 21.0. The number of urea groups is 1. The Morgan fingerprint density at radius 2 is 1.62 bits per heavy atom. The Morgan fingerprint density at radius 1 is 0.931 bits per heavy atom. The molecule has 2 aromatic carbocycles. The summed E-state index contributed by atoms with van der Waals surface area (Å²) in [4.78, 5) is 16.9. The molecule has 6 heteroatoms. The van der Waals surface area contributed by atoms with Crippen LogP contribution in [0.25, 0.3) is 0 Å². The van der Waals surface area contributed by atoms with E-state index in [0.29, 0.717) is 30.4 Å². The van der Waals surface area contributed by atoms with Gasteiger partial charge in [0.2, 0.25) is 0 Å². The minimum atomic E-state index is -0.0701. The maximum atomic E-state index is 12.7. The van der Waals surface area contributed by atoms with E-state index in [4.69, 9.17) is 9.47 Å². The van der Waals surface area contributed by atoms with Crippen LogP contribution >= 0.6 is 0 Å². The minimum absolute atomic E-state index is 0.0701. The summed E-state index contributed by atoms with van der Waals surface area (Å²) < 4.78 is 11.2. The molecule has 29 heavy (non-hydrogen) atoms. The van der Waals surface area contributed by atoms with Crippen LogP contribution in [0.15, 0.2) is 48.5 Å². The van der Waals surface area contributed by atoms with Gasteiger partial charge in [-0.2, -0.15) is 0 Å². The lowest BCUT2D eigenvalue weighted by molar-refractivity contribution is 0.148. The third kappa shape index (κ3) is 6.12. The van der Waals surface area contributed by atoms with Gasteiger partial charge in [-0.25, -0.2) is 4.79 Å². The summed E-state index contributed by atoms with van der Waals surface area (Å²) in [6, 6.07) is 16.0. The van der Waals surface area contributed by atoms with Gasteiger partial charge in [0.1, 0.15) is 0 Å². The molecule has 2 aromatic rings. The molecule has 1 aliphatic rings. The molecule has 1 heterocycles. The lowest BCUT2D eigenvalue weighted by atomic mass is 10.1. The molecule has 3 rings (SSSR count). The van der Waals surface area contributed by atoms with E-state index >= 15 is 0 Å². The summed E-state index contributed by atoms with van der Waals surface area (Å²) in [5.74, 6) is 1.34. The molecule has 1 N–H and O–H groups in total. The largest absolute Gasteiger partial charge is 0.490 e. The SMILES string of the molecule is CCOc1ccc(NC(=O)N2CCN(CCc3ccccc3)CC2)cc1OCC. The van der Waals surface area contributed by atoms with Gasteiger partial charge in [-0.05, 0) is 38.0 Å². The summed E-state index contributed by atoms with van der Waals surface area (Å²) >= 11 is 0. The highest BCUT2D eigenvalue weighted by Gasteiger charge is 2.21. The monoisotopic (exact) mass is 397 g/mol. The first-order valence-corrected chi connectivity index (χ1v) is 10.4. The number of nitrogens with one attached hydrogen (secondary N) is 1. The number of nitrogens with zero attached hydrogens (tertiary/aromatic N) is 2. The first-order chi connectivity index (χ1) is 14.2. The second-order valence-corrected chi connectivity index (χ2v) is 7.02. The number of ether oxygens (including phenoxy) is 2. The molecule has 1 saturated heterocycles. The minimum Gasteiger partial charge on any atom is -0.490 e. The number of anilines is 1. The lowest BCUT2D eigenvalue weighted by Gasteiger charge is -2.34. The van der Waals surface area contributed by atoms with Crippen molar-refractivity contribution in [2.75, 3.05) is 51.3 Å². The summed E-state index contributed by atoms with van der Waals surface area (Å²) in [5, 5.41) is 2.99. The maximum Gasteiger partial charge on any atom is 0.321 e. The van der Waals surface area contributed by atoms with Gasteiger partial charge < -0.3 is 19.7 Å². The van der Waals surface area contributed by atoms with Gasteiger partial charge in [0, 0.05) is 44.5 Å². The van der Waals surface area contributed by atoms with Crippen molar-refractivity contribution < 1.29 is 14.3 Å². The van der Waals surface area contributed by atoms with E-state index in [1.54, 1.807) is 0 Å². The van der Waals surface area contributed by atoms with Gasteiger partial charge in [0.15, 0.2) is 11.5 Å². The molecule has 0 unspecified atom stereocenters. The van der Waals surface area contributed by atoms with E-state index < -0.39 is 0 Å². The van der Waals surface area contributed by atoms with E-state index in [1.807, 2.05) is 43.0 Å². The molecule has 0 bridgehead atoms. The quantitative estimate of drug-likeness (QED) is 0.735. The number of rotatable bonds is 8. The Bertz CT molecular complexity index is 774. The number of hydrogen-bond acceptors (Lipinski definition) is 4. The second-order valence-electron chi connectivity index (χ2n) is 7.02. The van der Waals surface area contributed by atoms with Crippen LogP contribution in [0.5, 0.6) is 11.5 Å². The van der Waals surface area contributed by atoms with E-state index in [9.17, 15) is 4.79 Å². The fraction of sp³-hybridized carbons (Fsp3) is 0.435. The van der Waals surface area contributed by atoms with Gasteiger partial charge >= 0.3 is 6.03 Å². The van der Waals surface area contributed by atoms with E-state index in [-0.39, 0.29) is 6.03 Å². The van der Waals surface area contributed by atoms with Crippen LogP contribution in [-0.2, 0) is 6.42 Å². The third-order valence-electron chi connectivity index (χ3n) is 5.01. The van der Waals surface area contributed by atoms with Crippen molar-refractivity contribution in [2.24, 2.45) is 0 Å². The average molecular weight is 398 g/mol. The molecular formula is C23H31N3O3. The number of piperazine rings is 1. The molecule has 0 atom stereocenters. The number of carbonyl (C=O) groups is 1. The van der Waals surface area contributed by atoms with Crippen molar-refractivity contribution in [3.05, 3.63) is 54.1 Å². The Hall–Kier alpha value is -2.73. The van der Waals surface area contributed by atoms with Crippen LogP contribution in [0.3, 0.4) is 0 Å². The molecule has 0 saturated carbocycles. The van der Waals surface area contributed by atoms with Crippen molar-refractivity contribution in [2.45, 2.75) is 20.3 Å². The van der Waals surface area contributed by atoms with Gasteiger partial charge in [-0.15, -0.1) is 0 Å². The predicted octanol–water partition coefficient (Wildman–Crippen LogP) is 3.88. The molecule has 156 valence electrons. The molecular weight excluding hydrogens is 366 g/mol. The van der Waals surface area contributed by atoms with Gasteiger partial charge in [-0.1, -0.05) is 30.3 Å². The van der Waals surface area contributed by atoms with Crippen LogP contribution in [0.4, 0.5) is 10.5 Å². The molecule has 1 aliphatic heterocycles. The van der Waals surface area contributed by atoms with E-state index in [2.05, 4.69) is 34.5 Å². The van der Waals surface area contributed by atoms with Crippen LogP contribution in [0.1, 0.15) is 19.4 Å². The molecule has 0 spiro atoms.